The highest BCUT2D eigenvalue weighted by atomic mass is 19.1. The van der Waals surface area contributed by atoms with Crippen LogP contribution in [0.5, 0.6) is 5.75 Å². The third-order valence-electron chi connectivity index (χ3n) is 3.22. The molecule has 2 atom stereocenters. The highest BCUT2D eigenvalue weighted by molar-refractivity contribution is 5.70. The number of methoxy groups -OCH3 is 1. The van der Waals surface area contributed by atoms with Crippen molar-refractivity contribution in [3.8, 4) is 5.75 Å². The highest BCUT2D eigenvalue weighted by Crippen LogP contribution is 2.33. The Kier molecular flexibility index (Phi) is 3.61. The van der Waals surface area contributed by atoms with Gasteiger partial charge in [0.2, 0.25) is 0 Å². The minimum atomic E-state index is -0.437. The molecule has 2 unspecified atom stereocenters. The largest absolute Gasteiger partial charge is 0.494 e. The normalized spacial score (nSPS) is 24.1. The van der Waals surface area contributed by atoms with Gasteiger partial charge < -0.3 is 20.1 Å². The van der Waals surface area contributed by atoms with Crippen LogP contribution in [0.1, 0.15) is 13.8 Å². The molecule has 1 aliphatic heterocycles. The van der Waals surface area contributed by atoms with Gasteiger partial charge in [0.1, 0.15) is 0 Å². The second-order valence-corrected chi connectivity index (χ2v) is 4.69. The maximum absolute atomic E-state index is 13.5. The van der Waals surface area contributed by atoms with Gasteiger partial charge in [0.25, 0.3) is 0 Å². The molecule has 4 nitrogen and oxygen atoms in total. The first-order valence-electron chi connectivity index (χ1n) is 6.04. The fourth-order valence-electron chi connectivity index (χ4n) is 2.20. The summed E-state index contributed by atoms with van der Waals surface area (Å²) in [5, 5.41) is 0. The van der Waals surface area contributed by atoms with E-state index in [0.717, 1.165) is 12.2 Å². The van der Waals surface area contributed by atoms with Crippen molar-refractivity contribution in [1.82, 2.24) is 0 Å². The number of benzene rings is 1. The van der Waals surface area contributed by atoms with Crippen LogP contribution in [0.4, 0.5) is 15.8 Å². The molecule has 0 bridgehead atoms. The van der Waals surface area contributed by atoms with Gasteiger partial charge in [0.05, 0.1) is 31.2 Å². The van der Waals surface area contributed by atoms with Gasteiger partial charge in [-0.05, 0) is 13.8 Å². The second-order valence-electron chi connectivity index (χ2n) is 4.69. The topological polar surface area (TPSA) is 47.7 Å². The quantitative estimate of drug-likeness (QED) is 0.820. The molecule has 0 amide bonds. The van der Waals surface area contributed by atoms with E-state index in [1.165, 1.54) is 13.2 Å². The van der Waals surface area contributed by atoms with E-state index >= 15 is 0 Å². The molecule has 0 saturated carbocycles. The van der Waals surface area contributed by atoms with E-state index in [0.29, 0.717) is 12.3 Å². The number of rotatable bonds is 2. The van der Waals surface area contributed by atoms with Crippen LogP contribution in [0.3, 0.4) is 0 Å². The zero-order valence-corrected chi connectivity index (χ0v) is 10.9. The van der Waals surface area contributed by atoms with Crippen molar-refractivity contribution in [2.45, 2.75) is 26.0 Å². The summed E-state index contributed by atoms with van der Waals surface area (Å²) in [5.41, 5.74) is 7.13. The molecule has 1 fully saturated rings. The second kappa shape index (κ2) is 5.02. The van der Waals surface area contributed by atoms with Crippen molar-refractivity contribution in [2.24, 2.45) is 0 Å². The molecular weight excluding hydrogens is 235 g/mol. The van der Waals surface area contributed by atoms with E-state index < -0.39 is 5.82 Å². The van der Waals surface area contributed by atoms with Gasteiger partial charge in [-0.1, -0.05) is 0 Å². The smallest absolute Gasteiger partial charge is 0.167 e. The van der Waals surface area contributed by atoms with E-state index in [1.807, 2.05) is 6.92 Å². The summed E-state index contributed by atoms with van der Waals surface area (Å²) >= 11 is 0. The number of nitrogens with zero attached hydrogens (tertiary/aromatic N) is 1. The molecule has 0 aromatic heterocycles. The maximum atomic E-state index is 13.5. The van der Waals surface area contributed by atoms with Crippen LogP contribution in [-0.4, -0.2) is 32.4 Å². The average molecular weight is 254 g/mol. The molecule has 1 saturated heterocycles. The molecule has 5 heteroatoms. The Hall–Kier alpha value is -1.49. The molecule has 1 aromatic carbocycles. The van der Waals surface area contributed by atoms with Crippen molar-refractivity contribution in [1.29, 1.82) is 0 Å². The Bertz CT molecular complexity index is 439. The Labute approximate surface area is 106 Å². The van der Waals surface area contributed by atoms with Gasteiger partial charge in [0, 0.05) is 24.7 Å². The van der Waals surface area contributed by atoms with Crippen molar-refractivity contribution in [3.05, 3.63) is 17.9 Å². The van der Waals surface area contributed by atoms with E-state index in [-0.39, 0.29) is 17.9 Å². The number of halogens is 1. The summed E-state index contributed by atoms with van der Waals surface area (Å²) in [6, 6.07) is 3.17. The molecular formula is C13H19FN2O2. The average Bonchev–Trinajstić information content (AvgIpc) is 2.33. The lowest BCUT2D eigenvalue weighted by Gasteiger charge is -2.39. The van der Waals surface area contributed by atoms with Gasteiger partial charge in [-0.2, -0.15) is 0 Å². The van der Waals surface area contributed by atoms with E-state index in [4.69, 9.17) is 15.2 Å². The Morgan fingerprint density at radius 3 is 2.83 bits per heavy atom. The molecule has 1 aromatic rings. The minimum Gasteiger partial charge on any atom is -0.494 e. The fourth-order valence-corrected chi connectivity index (χ4v) is 2.20. The number of morpholine rings is 1. The molecule has 1 aliphatic rings. The van der Waals surface area contributed by atoms with Crippen molar-refractivity contribution < 1.29 is 13.9 Å². The Morgan fingerprint density at radius 2 is 2.17 bits per heavy atom. The fraction of sp³-hybridized carbons (Fsp3) is 0.538. The third-order valence-corrected chi connectivity index (χ3v) is 3.22. The number of ether oxygens (including phenoxy) is 2. The standard InChI is InChI=1S/C13H19FN2O2/c1-8-7-18-9(2)6-16(8)12-5-13(17-3)10(14)4-11(12)15/h4-5,8-9H,6-7,15H2,1-3H3. The molecule has 2 rings (SSSR count). The number of hydrogen-bond acceptors (Lipinski definition) is 4. The van der Waals surface area contributed by atoms with Crippen molar-refractivity contribution in [3.63, 3.8) is 0 Å². The minimum absolute atomic E-state index is 0.136. The Balaban J connectivity index is 2.36. The van der Waals surface area contributed by atoms with Gasteiger partial charge in [-0.3, -0.25) is 0 Å². The first-order chi connectivity index (χ1) is 8.52. The monoisotopic (exact) mass is 254 g/mol. The predicted octanol–water partition coefficient (Wildman–Crippen LogP) is 2.03. The first-order valence-corrected chi connectivity index (χ1v) is 6.04. The van der Waals surface area contributed by atoms with Crippen molar-refractivity contribution >= 4 is 11.4 Å². The van der Waals surface area contributed by atoms with Gasteiger partial charge >= 0.3 is 0 Å². The summed E-state index contributed by atoms with van der Waals surface area (Å²) in [4.78, 5) is 2.13. The summed E-state index contributed by atoms with van der Waals surface area (Å²) in [6.45, 7) is 5.44. The number of hydrogen-bond donors (Lipinski definition) is 1. The first kappa shape index (κ1) is 13.0. The maximum Gasteiger partial charge on any atom is 0.167 e. The highest BCUT2D eigenvalue weighted by Gasteiger charge is 2.26. The van der Waals surface area contributed by atoms with Gasteiger partial charge in [0.15, 0.2) is 11.6 Å². The van der Waals surface area contributed by atoms with Crippen LogP contribution in [0.15, 0.2) is 12.1 Å². The SMILES string of the molecule is COc1cc(N2CC(C)OCC2C)c(N)cc1F. The molecule has 0 spiro atoms. The zero-order chi connectivity index (χ0) is 13.3. The van der Waals surface area contributed by atoms with Crippen LogP contribution in [0.2, 0.25) is 0 Å². The van der Waals surface area contributed by atoms with Crippen molar-refractivity contribution in [2.75, 3.05) is 30.9 Å². The predicted molar refractivity (Wildman–Crippen MR) is 69.6 cm³/mol. The van der Waals surface area contributed by atoms with E-state index in [2.05, 4.69) is 11.8 Å². The van der Waals surface area contributed by atoms with Crippen LogP contribution >= 0.6 is 0 Å². The molecule has 0 aliphatic carbocycles. The van der Waals surface area contributed by atoms with Gasteiger partial charge in [-0.25, -0.2) is 4.39 Å². The van der Waals surface area contributed by atoms with Crippen LogP contribution in [-0.2, 0) is 4.74 Å². The van der Waals surface area contributed by atoms with E-state index in [1.54, 1.807) is 6.07 Å². The lowest BCUT2D eigenvalue weighted by atomic mass is 10.1. The van der Waals surface area contributed by atoms with Gasteiger partial charge in [-0.15, -0.1) is 0 Å². The lowest BCUT2D eigenvalue weighted by molar-refractivity contribution is 0.0344. The summed E-state index contributed by atoms with van der Waals surface area (Å²) in [7, 11) is 1.45. The summed E-state index contributed by atoms with van der Waals surface area (Å²) in [6.07, 6.45) is 0.136. The van der Waals surface area contributed by atoms with Crippen LogP contribution in [0, 0.1) is 5.82 Å². The molecule has 0 radical (unpaired) electrons. The molecule has 100 valence electrons. The number of nitrogen functional groups attached to an aromatic ring is 1. The van der Waals surface area contributed by atoms with Crippen LogP contribution < -0.4 is 15.4 Å². The van der Waals surface area contributed by atoms with E-state index in [9.17, 15) is 4.39 Å². The molecule has 2 N–H and O–H groups in total. The summed E-state index contributed by atoms with van der Waals surface area (Å²) < 4.78 is 24.1. The number of anilines is 2. The summed E-state index contributed by atoms with van der Waals surface area (Å²) in [5.74, 6) is -0.224. The molecule has 1 heterocycles. The zero-order valence-electron chi connectivity index (χ0n) is 10.9. The molecule has 18 heavy (non-hydrogen) atoms. The van der Waals surface area contributed by atoms with Crippen LogP contribution in [0.25, 0.3) is 0 Å². The Morgan fingerprint density at radius 1 is 1.44 bits per heavy atom. The lowest BCUT2D eigenvalue weighted by Crippen LogP contribution is -2.47. The number of nitrogens with two attached hydrogens (primary N) is 1. The third kappa shape index (κ3) is 2.36.